The van der Waals surface area contributed by atoms with Crippen LogP contribution in [0.1, 0.15) is 18.9 Å². The van der Waals surface area contributed by atoms with Crippen LogP contribution in [0.3, 0.4) is 0 Å². The molecule has 0 saturated heterocycles. The molecule has 0 radical (unpaired) electrons. The molecule has 18 heavy (non-hydrogen) atoms. The first-order valence-corrected chi connectivity index (χ1v) is 5.79. The molecule has 5 nitrogen and oxygen atoms in total. The van der Waals surface area contributed by atoms with Crippen LogP contribution in [-0.4, -0.2) is 35.1 Å². The SMILES string of the molecule is CCC(C(=O)O)N(C)C(=O)Nc1cccc(C)c1. The smallest absolute Gasteiger partial charge is 0.326 e. The zero-order chi connectivity index (χ0) is 13.7. The van der Waals surface area contributed by atoms with Crippen LogP contribution in [0.2, 0.25) is 0 Å². The number of nitrogens with zero attached hydrogens (tertiary/aromatic N) is 1. The van der Waals surface area contributed by atoms with Crippen molar-refractivity contribution in [2.75, 3.05) is 12.4 Å². The first kappa shape index (κ1) is 14.0. The molecule has 1 aromatic rings. The van der Waals surface area contributed by atoms with Crippen molar-refractivity contribution >= 4 is 17.7 Å². The van der Waals surface area contributed by atoms with Gasteiger partial charge in [0, 0.05) is 12.7 Å². The Morgan fingerprint density at radius 1 is 1.44 bits per heavy atom. The summed E-state index contributed by atoms with van der Waals surface area (Å²) in [6.45, 7) is 3.65. The van der Waals surface area contributed by atoms with E-state index in [1.54, 1.807) is 13.0 Å². The Labute approximate surface area is 106 Å². The third-order valence-electron chi connectivity index (χ3n) is 2.73. The molecule has 1 unspecified atom stereocenters. The molecular weight excluding hydrogens is 232 g/mol. The second-order valence-corrected chi connectivity index (χ2v) is 4.17. The lowest BCUT2D eigenvalue weighted by atomic mass is 10.2. The van der Waals surface area contributed by atoms with Crippen molar-refractivity contribution in [2.24, 2.45) is 0 Å². The number of hydrogen-bond donors (Lipinski definition) is 2. The summed E-state index contributed by atoms with van der Waals surface area (Å²) in [7, 11) is 1.48. The zero-order valence-corrected chi connectivity index (χ0v) is 10.8. The Hall–Kier alpha value is -2.04. The molecule has 0 aliphatic carbocycles. The average molecular weight is 250 g/mol. The lowest BCUT2D eigenvalue weighted by Gasteiger charge is -2.24. The second-order valence-electron chi connectivity index (χ2n) is 4.17. The molecule has 0 fully saturated rings. The summed E-state index contributed by atoms with van der Waals surface area (Å²) in [5, 5.41) is 11.7. The van der Waals surface area contributed by atoms with E-state index in [4.69, 9.17) is 5.11 Å². The van der Waals surface area contributed by atoms with Crippen LogP contribution in [0, 0.1) is 6.92 Å². The number of likely N-dealkylation sites (N-methyl/N-ethyl adjacent to an activating group) is 1. The number of carboxylic acid groups (broad SMARTS) is 1. The molecule has 0 bridgehead atoms. The van der Waals surface area contributed by atoms with Gasteiger partial charge in [0.05, 0.1) is 0 Å². The van der Waals surface area contributed by atoms with E-state index in [2.05, 4.69) is 5.32 Å². The number of hydrogen-bond acceptors (Lipinski definition) is 2. The average Bonchev–Trinajstić information content (AvgIpc) is 2.29. The Morgan fingerprint density at radius 2 is 2.11 bits per heavy atom. The summed E-state index contributed by atoms with van der Waals surface area (Å²) in [6.07, 6.45) is 0.368. The summed E-state index contributed by atoms with van der Waals surface area (Å²) in [5.41, 5.74) is 1.69. The normalized spacial score (nSPS) is 11.7. The second kappa shape index (κ2) is 6.05. The molecule has 98 valence electrons. The van der Waals surface area contributed by atoms with Crippen molar-refractivity contribution in [3.05, 3.63) is 29.8 Å². The Morgan fingerprint density at radius 3 is 2.61 bits per heavy atom. The Balaban J connectivity index is 2.73. The van der Waals surface area contributed by atoms with Gasteiger partial charge >= 0.3 is 12.0 Å². The predicted molar refractivity (Wildman–Crippen MR) is 69.7 cm³/mol. The van der Waals surface area contributed by atoms with Gasteiger partial charge in [-0.05, 0) is 31.0 Å². The van der Waals surface area contributed by atoms with Crippen molar-refractivity contribution in [1.82, 2.24) is 4.90 Å². The lowest BCUT2D eigenvalue weighted by molar-refractivity contribution is -0.141. The number of amides is 2. The molecule has 0 spiro atoms. The van der Waals surface area contributed by atoms with Crippen LogP contribution in [0.5, 0.6) is 0 Å². The monoisotopic (exact) mass is 250 g/mol. The summed E-state index contributed by atoms with van der Waals surface area (Å²) < 4.78 is 0. The van der Waals surface area contributed by atoms with Crippen molar-refractivity contribution in [3.8, 4) is 0 Å². The number of carbonyl (C=O) groups is 2. The molecule has 0 saturated carbocycles. The molecule has 0 aliphatic rings. The van der Waals surface area contributed by atoms with E-state index in [0.29, 0.717) is 12.1 Å². The van der Waals surface area contributed by atoms with Crippen LogP contribution in [-0.2, 0) is 4.79 Å². The molecule has 0 heterocycles. The fourth-order valence-electron chi connectivity index (χ4n) is 1.69. The Bertz CT molecular complexity index is 446. The molecule has 0 aliphatic heterocycles. The predicted octanol–water partition coefficient (Wildman–Crippen LogP) is 2.32. The minimum Gasteiger partial charge on any atom is -0.480 e. The van der Waals surface area contributed by atoms with Crippen molar-refractivity contribution in [1.29, 1.82) is 0 Å². The number of rotatable bonds is 4. The highest BCUT2D eigenvalue weighted by Crippen LogP contribution is 2.11. The molecule has 5 heteroatoms. The fourth-order valence-corrected chi connectivity index (χ4v) is 1.69. The van der Waals surface area contributed by atoms with Gasteiger partial charge in [-0.2, -0.15) is 0 Å². The van der Waals surface area contributed by atoms with Crippen LogP contribution >= 0.6 is 0 Å². The van der Waals surface area contributed by atoms with Gasteiger partial charge in [0.15, 0.2) is 0 Å². The van der Waals surface area contributed by atoms with Gasteiger partial charge in [-0.15, -0.1) is 0 Å². The standard InChI is InChI=1S/C13H18N2O3/c1-4-11(12(16)17)15(3)13(18)14-10-7-5-6-9(2)8-10/h5-8,11H,4H2,1-3H3,(H,14,18)(H,16,17). The topological polar surface area (TPSA) is 69.6 Å². The molecule has 1 rings (SSSR count). The largest absolute Gasteiger partial charge is 0.480 e. The number of aryl methyl sites for hydroxylation is 1. The molecule has 2 amide bonds. The molecule has 0 aromatic heterocycles. The zero-order valence-electron chi connectivity index (χ0n) is 10.8. The van der Waals surface area contributed by atoms with Crippen molar-refractivity contribution in [3.63, 3.8) is 0 Å². The highest BCUT2D eigenvalue weighted by Gasteiger charge is 2.24. The van der Waals surface area contributed by atoms with Crippen LogP contribution in [0.4, 0.5) is 10.5 Å². The first-order valence-electron chi connectivity index (χ1n) is 5.79. The van der Waals surface area contributed by atoms with Crippen LogP contribution in [0.25, 0.3) is 0 Å². The summed E-state index contributed by atoms with van der Waals surface area (Å²) in [4.78, 5) is 24.0. The number of carbonyl (C=O) groups excluding carboxylic acids is 1. The van der Waals surface area contributed by atoms with E-state index in [1.165, 1.54) is 11.9 Å². The van der Waals surface area contributed by atoms with Crippen LogP contribution < -0.4 is 5.32 Å². The maximum absolute atomic E-state index is 11.9. The van der Waals surface area contributed by atoms with Crippen molar-refractivity contribution in [2.45, 2.75) is 26.3 Å². The maximum Gasteiger partial charge on any atom is 0.326 e. The number of anilines is 1. The highest BCUT2D eigenvalue weighted by atomic mass is 16.4. The molecule has 1 atom stereocenters. The van der Waals surface area contributed by atoms with Gasteiger partial charge < -0.3 is 15.3 Å². The minimum absolute atomic E-state index is 0.368. The number of carboxylic acids is 1. The first-order chi connectivity index (χ1) is 8.45. The van der Waals surface area contributed by atoms with Gasteiger partial charge in [-0.1, -0.05) is 19.1 Å². The summed E-state index contributed by atoms with van der Waals surface area (Å²) >= 11 is 0. The summed E-state index contributed by atoms with van der Waals surface area (Å²) in [6, 6.07) is 6.11. The third kappa shape index (κ3) is 3.48. The van der Waals surface area contributed by atoms with E-state index in [-0.39, 0.29) is 0 Å². The van der Waals surface area contributed by atoms with Gasteiger partial charge in [0.2, 0.25) is 0 Å². The van der Waals surface area contributed by atoms with E-state index >= 15 is 0 Å². The van der Waals surface area contributed by atoms with E-state index < -0.39 is 18.0 Å². The van der Waals surface area contributed by atoms with E-state index in [0.717, 1.165) is 5.56 Å². The van der Waals surface area contributed by atoms with E-state index in [1.807, 2.05) is 25.1 Å². The summed E-state index contributed by atoms with van der Waals surface area (Å²) in [5.74, 6) is -1.00. The van der Waals surface area contributed by atoms with Gasteiger partial charge in [-0.3, -0.25) is 0 Å². The van der Waals surface area contributed by atoms with Crippen LogP contribution in [0.15, 0.2) is 24.3 Å². The molecule has 2 N–H and O–H groups in total. The maximum atomic E-state index is 11.9. The van der Waals surface area contributed by atoms with Gasteiger partial charge in [0.25, 0.3) is 0 Å². The highest BCUT2D eigenvalue weighted by molar-refractivity contribution is 5.92. The molecular formula is C13H18N2O3. The Kier molecular flexibility index (Phi) is 4.71. The van der Waals surface area contributed by atoms with Gasteiger partial charge in [-0.25, -0.2) is 9.59 Å². The number of urea groups is 1. The van der Waals surface area contributed by atoms with Crippen molar-refractivity contribution < 1.29 is 14.7 Å². The third-order valence-corrected chi connectivity index (χ3v) is 2.73. The number of nitrogens with one attached hydrogen (secondary N) is 1. The number of aliphatic carboxylic acids is 1. The van der Waals surface area contributed by atoms with E-state index in [9.17, 15) is 9.59 Å². The lowest BCUT2D eigenvalue weighted by Crippen LogP contribution is -2.44. The minimum atomic E-state index is -1.00. The fraction of sp³-hybridized carbons (Fsp3) is 0.385. The number of benzene rings is 1. The van der Waals surface area contributed by atoms with Gasteiger partial charge in [0.1, 0.15) is 6.04 Å². The molecule has 1 aromatic carbocycles. The quantitative estimate of drug-likeness (QED) is 0.861.